The Balaban J connectivity index is 2.89. The second kappa shape index (κ2) is 4.26. The highest BCUT2D eigenvalue weighted by Gasteiger charge is 2.20. The van der Waals surface area contributed by atoms with Crippen LogP contribution < -0.4 is 0 Å². The van der Waals surface area contributed by atoms with Crippen LogP contribution in [0, 0.1) is 13.8 Å². The summed E-state index contributed by atoms with van der Waals surface area (Å²) in [6, 6.07) is 6.97. The smallest absolute Gasteiger partial charge is 0.297 e. The first-order valence-electron chi connectivity index (χ1n) is 5.40. The minimum Gasteiger partial charge on any atom is -0.507 e. The van der Waals surface area contributed by atoms with Crippen LogP contribution in [-0.2, 0) is 14.3 Å². The van der Waals surface area contributed by atoms with Crippen LogP contribution in [0.5, 0.6) is 5.75 Å². The first kappa shape index (κ1) is 12.9. The zero-order valence-electron chi connectivity index (χ0n) is 10.4. The van der Waals surface area contributed by atoms with E-state index in [0.717, 1.165) is 12.7 Å². The summed E-state index contributed by atoms with van der Waals surface area (Å²) in [5.74, 6) is -0.0215. The molecular formula is C13H14O4S. The third-order valence-corrected chi connectivity index (χ3v) is 4.37. The lowest BCUT2D eigenvalue weighted by atomic mass is 10.0. The van der Waals surface area contributed by atoms with Gasteiger partial charge in [-0.2, -0.15) is 8.42 Å². The third kappa shape index (κ3) is 1.95. The summed E-state index contributed by atoms with van der Waals surface area (Å²) in [6.45, 7) is 3.47. The molecule has 0 saturated carbocycles. The van der Waals surface area contributed by atoms with E-state index in [4.69, 9.17) is 0 Å². The molecule has 0 saturated heterocycles. The van der Waals surface area contributed by atoms with Crippen molar-refractivity contribution in [2.75, 3.05) is 7.11 Å². The number of aryl methyl sites for hydroxylation is 1. The van der Waals surface area contributed by atoms with Gasteiger partial charge in [0.25, 0.3) is 10.1 Å². The van der Waals surface area contributed by atoms with Crippen LogP contribution >= 0.6 is 0 Å². The van der Waals surface area contributed by atoms with Crippen molar-refractivity contribution in [1.29, 1.82) is 0 Å². The van der Waals surface area contributed by atoms with Gasteiger partial charge in [-0.3, -0.25) is 4.18 Å². The normalized spacial score (nSPS) is 11.9. The van der Waals surface area contributed by atoms with E-state index >= 15 is 0 Å². The van der Waals surface area contributed by atoms with Crippen molar-refractivity contribution in [3.8, 4) is 5.75 Å². The molecule has 0 bridgehead atoms. The van der Waals surface area contributed by atoms with Crippen molar-refractivity contribution in [2.45, 2.75) is 18.7 Å². The molecule has 1 N–H and O–H groups in total. The minimum absolute atomic E-state index is 0.00106. The van der Waals surface area contributed by atoms with Gasteiger partial charge in [0, 0.05) is 10.9 Å². The Hall–Kier alpha value is -1.59. The van der Waals surface area contributed by atoms with E-state index in [1.54, 1.807) is 13.0 Å². The lowest BCUT2D eigenvalue weighted by Crippen LogP contribution is -2.05. The number of rotatable bonds is 2. The van der Waals surface area contributed by atoms with Gasteiger partial charge in [0.05, 0.1) is 7.11 Å². The Morgan fingerprint density at radius 3 is 2.44 bits per heavy atom. The lowest BCUT2D eigenvalue weighted by molar-refractivity contribution is 0.396. The van der Waals surface area contributed by atoms with Gasteiger partial charge < -0.3 is 5.11 Å². The maximum atomic E-state index is 11.8. The quantitative estimate of drug-likeness (QED) is 0.848. The molecule has 0 radical (unpaired) electrons. The molecule has 0 fully saturated rings. The molecular weight excluding hydrogens is 252 g/mol. The zero-order chi connectivity index (χ0) is 13.5. The van der Waals surface area contributed by atoms with Gasteiger partial charge in [0.1, 0.15) is 10.6 Å². The van der Waals surface area contributed by atoms with E-state index in [0.29, 0.717) is 16.3 Å². The largest absolute Gasteiger partial charge is 0.507 e. The average Bonchev–Trinajstić information content (AvgIpc) is 2.34. The molecule has 2 aromatic rings. The number of benzene rings is 2. The molecule has 4 nitrogen and oxygen atoms in total. The van der Waals surface area contributed by atoms with Crippen LogP contribution in [0.3, 0.4) is 0 Å². The van der Waals surface area contributed by atoms with Crippen LogP contribution in [-0.4, -0.2) is 20.6 Å². The van der Waals surface area contributed by atoms with Crippen molar-refractivity contribution in [1.82, 2.24) is 0 Å². The van der Waals surface area contributed by atoms with E-state index in [1.807, 2.05) is 19.1 Å². The van der Waals surface area contributed by atoms with E-state index < -0.39 is 10.1 Å². The highest BCUT2D eigenvalue weighted by Crippen LogP contribution is 2.34. The van der Waals surface area contributed by atoms with Crippen LogP contribution in [0.15, 0.2) is 29.2 Å². The van der Waals surface area contributed by atoms with Gasteiger partial charge in [0.15, 0.2) is 0 Å². The second-order valence-corrected chi connectivity index (χ2v) is 5.88. The summed E-state index contributed by atoms with van der Waals surface area (Å²) in [5.41, 5.74) is 1.30. The summed E-state index contributed by atoms with van der Waals surface area (Å²) in [4.78, 5) is -0.00106. The van der Waals surface area contributed by atoms with E-state index in [1.165, 1.54) is 6.07 Å². The van der Waals surface area contributed by atoms with Gasteiger partial charge >= 0.3 is 0 Å². The zero-order valence-corrected chi connectivity index (χ0v) is 11.2. The molecule has 96 valence electrons. The standard InChI is InChI=1S/C13H14O4S/c1-8-4-5-10-7-12(18(15,16)17-3)9(2)13(14)11(10)6-8/h4-7,14H,1-3H3. The SMILES string of the molecule is COS(=O)(=O)c1cc2ccc(C)cc2c(O)c1C. The summed E-state index contributed by atoms with van der Waals surface area (Å²) >= 11 is 0. The van der Waals surface area contributed by atoms with Crippen molar-refractivity contribution in [2.24, 2.45) is 0 Å². The van der Waals surface area contributed by atoms with Crippen LogP contribution in [0.1, 0.15) is 11.1 Å². The average molecular weight is 266 g/mol. The molecule has 0 atom stereocenters. The number of aromatic hydroxyl groups is 1. The summed E-state index contributed by atoms with van der Waals surface area (Å²) in [7, 11) is -2.71. The Morgan fingerprint density at radius 1 is 1.17 bits per heavy atom. The molecule has 0 aromatic heterocycles. The van der Waals surface area contributed by atoms with E-state index in [2.05, 4.69) is 4.18 Å². The summed E-state index contributed by atoms with van der Waals surface area (Å²) < 4.78 is 28.0. The van der Waals surface area contributed by atoms with Crippen LogP contribution in [0.2, 0.25) is 0 Å². The van der Waals surface area contributed by atoms with Crippen LogP contribution in [0.4, 0.5) is 0 Å². The molecule has 0 unspecified atom stereocenters. The van der Waals surface area contributed by atoms with Gasteiger partial charge in [-0.15, -0.1) is 0 Å². The highest BCUT2D eigenvalue weighted by molar-refractivity contribution is 7.86. The van der Waals surface area contributed by atoms with Gasteiger partial charge in [-0.25, -0.2) is 0 Å². The Kier molecular flexibility index (Phi) is 3.04. The second-order valence-electron chi connectivity index (χ2n) is 4.19. The van der Waals surface area contributed by atoms with E-state index in [9.17, 15) is 13.5 Å². The fourth-order valence-corrected chi connectivity index (χ4v) is 2.84. The number of phenols is 1. The predicted octanol–water partition coefficient (Wildman–Crippen LogP) is 2.50. The number of hydrogen-bond donors (Lipinski definition) is 1. The number of phenolic OH excluding ortho intramolecular Hbond substituents is 1. The van der Waals surface area contributed by atoms with E-state index in [-0.39, 0.29) is 10.6 Å². The molecule has 18 heavy (non-hydrogen) atoms. The molecule has 0 aliphatic heterocycles. The molecule has 0 heterocycles. The fourth-order valence-electron chi connectivity index (χ4n) is 1.92. The maximum Gasteiger partial charge on any atom is 0.297 e. The number of hydrogen-bond acceptors (Lipinski definition) is 4. The van der Waals surface area contributed by atoms with Gasteiger partial charge in [0.2, 0.25) is 0 Å². The number of fused-ring (bicyclic) bond motifs is 1. The van der Waals surface area contributed by atoms with Crippen molar-refractivity contribution >= 4 is 20.9 Å². The highest BCUT2D eigenvalue weighted by atomic mass is 32.2. The Bertz CT molecular complexity index is 717. The monoisotopic (exact) mass is 266 g/mol. The van der Waals surface area contributed by atoms with Crippen LogP contribution in [0.25, 0.3) is 10.8 Å². The predicted molar refractivity (Wildman–Crippen MR) is 69.3 cm³/mol. The van der Waals surface area contributed by atoms with Gasteiger partial charge in [-0.1, -0.05) is 17.7 Å². The molecule has 5 heteroatoms. The Morgan fingerprint density at radius 2 is 1.83 bits per heavy atom. The lowest BCUT2D eigenvalue weighted by Gasteiger charge is -2.11. The molecule has 0 amide bonds. The molecule has 0 spiro atoms. The molecule has 2 aromatic carbocycles. The van der Waals surface area contributed by atoms with Crippen molar-refractivity contribution < 1.29 is 17.7 Å². The molecule has 2 rings (SSSR count). The van der Waals surface area contributed by atoms with Crippen molar-refractivity contribution in [3.63, 3.8) is 0 Å². The molecule has 0 aliphatic carbocycles. The minimum atomic E-state index is -3.81. The van der Waals surface area contributed by atoms with Crippen molar-refractivity contribution in [3.05, 3.63) is 35.4 Å². The van der Waals surface area contributed by atoms with Gasteiger partial charge in [-0.05, 0) is 31.4 Å². The fraction of sp³-hybridized carbons (Fsp3) is 0.231. The summed E-state index contributed by atoms with van der Waals surface area (Å²) in [6.07, 6.45) is 0. The first-order chi connectivity index (χ1) is 8.36. The molecule has 0 aliphatic rings. The topological polar surface area (TPSA) is 63.6 Å². The Labute approximate surface area is 106 Å². The third-order valence-electron chi connectivity index (χ3n) is 2.96. The maximum absolute atomic E-state index is 11.8. The first-order valence-corrected chi connectivity index (χ1v) is 6.81. The summed E-state index contributed by atoms with van der Waals surface area (Å²) in [5, 5.41) is 11.4.